The number of aryl methyl sites for hydroxylation is 1. The molecule has 0 amide bonds. The molecule has 0 radical (unpaired) electrons. The molecule has 18 heavy (non-hydrogen) atoms. The molecule has 1 N–H and O–H groups in total. The van der Waals surface area contributed by atoms with Gasteiger partial charge in [-0.05, 0) is 18.5 Å². The summed E-state index contributed by atoms with van der Waals surface area (Å²) in [6.07, 6.45) is 1.07. The lowest BCUT2D eigenvalue weighted by Crippen LogP contribution is -2.16. The number of hydrogen-bond donors (Lipinski definition) is 1. The first-order chi connectivity index (χ1) is 8.20. The molecule has 1 aromatic rings. The van der Waals surface area contributed by atoms with Crippen molar-refractivity contribution in [2.75, 3.05) is 23.9 Å². The molecule has 0 unspecified atom stereocenters. The van der Waals surface area contributed by atoms with Gasteiger partial charge in [0.15, 0.2) is 0 Å². The molecule has 1 heterocycles. The fraction of sp³-hybridized carbons (Fsp3) is 0.500. The molecule has 1 aromatic heterocycles. The Hall–Kier alpha value is -1.48. The molecule has 10 heteroatoms. The van der Waals surface area contributed by atoms with E-state index in [0.29, 0.717) is 0 Å². The number of nitrogens with zero attached hydrogens (tertiary/aromatic N) is 3. The van der Waals surface area contributed by atoms with Gasteiger partial charge in [0.25, 0.3) is 0 Å². The van der Waals surface area contributed by atoms with Crippen molar-refractivity contribution >= 4 is 32.9 Å². The molecule has 0 bridgehead atoms. The topological polar surface area (TPSA) is 115 Å². The second-order valence-electron chi connectivity index (χ2n) is 3.59. The van der Waals surface area contributed by atoms with Gasteiger partial charge < -0.3 is 5.32 Å². The van der Waals surface area contributed by atoms with E-state index in [1.807, 2.05) is 0 Å². The molecule has 0 fully saturated rings. The van der Waals surface area contributed by atoms with Crippen LogP contribution in [0.25, 0.3) is 0 Å². The highest BCUT2D eigenvalue weighted by molar-refractivity contribution is 7.90. The Morgan fingerprint density at radius 1 is 1.44 bits per heavy atom. The van der Waals surface area contributed by atoms with Gasteiger partial charge in [-0.15, -0.1) is 0 Å². The van der Waals surface area contributed by atoms with Crippen LogP contribution in [0.4, 0.5) is 11.5 Å². The van der Waals surface area contributed by atoms with Gasteiger partial charge in [0.05, 0.1) is 10.7 Å². The van der Waals surface area contributed by atoms with Crippen LogP contribution in [0.15, 0.2) is 0 Å². The van der Waals surface area contributed by atoms with Gasteiger partial charge in [-0.25, -0.2) is 13.4 Å². The molecular weight excluding hydrogens is 284 g/mol. The van der Waals surface area contributed by atoms with Crippen molar-refractivity contribution in [3.8, 4) is 0 Å². The number of sulfone groups is 1. The quantitative estimate of drug-likeness (QED) is 0.485. The summed E-state index contributed by atoms with van der Waals surface area (Å²) in [6, 6.07) is 0. The fourth-order valence-electron chi connectivity index (χ4n) is 1.23. The second-order valence-corrected chi connectivity index (χ2v) is 6.19. The van der Waals surface area contributed by atoms with Crippen molar-refractivity contribution in [1.29, 1.82) is 0 Å². The van der Waals surface area contributed by atoms with Gasteiger partial charge in [-0.2, -0.15) is 4.98 Å². The van der Waals surface area contributed by atoms with Crippen LogP contribution in [0.5, 0.6) is 0 Å². The number of halogens is 1. The average molecular weight is 295 g/mol. The summed E-state index contributed by atoms with van der Waals surface area (Å²) in [7, 11) is -3.16. The van der Waals surface area contributed by atoms with E-state index >= 15 is 0 Å². The molecule has 0 aliphatic heterocycles. The van der Waals surface area contributed by atoms with Crippen LogP contribution in [0.3, 0.4) is 0 Å². The van der Waals surface area contributed by atoms with Crippen molar-refractivity contribution in [3.63, 3.8) is 0 Å². The third kappa shape index (κ3) is 4.08. The van der Waals surface area contributed by atoms with Crippen LogP contribution in [0.2, 0.25) is 5.28 Å². The van der Waals surface area contributed by atoms with E-state index in [1.54, 1.807) is 0 Å². The van der Waals surface area contributed by atoms with Gasteiger partial charge in [-0.1, -0.05) is 0 Å². The molecule has 0 atom stereocenters. The molecule has 0 saturated heterocycles. The van der Waals surface area contributed by atoms with Crippen LogP contribution in [0, 0.1) is 17.0 Å². The minimum atomic E-state index is -3.16. The molecule has 0 aliphatic rings. The molecule has 100 valence electrons. The highest BCUT2D eigenvalue weighted by Crippen LogP contribution is 2.26. The summed E-state index contributed by atoms with van der Waals surface area (Å²) in [4.78, 5) is 17.5. The Morgan fingerprint density at radius 3 is 2.56 bits per heavy atom. The van der Waals surface area contributed by atoms with Crippen LogP contribution in [-0.2, 0) is 9.84 Å². The monoisotopic (exact) mass is 294 g/mol. The molecular formula is C8H11ClN4O4S. The first kappa shape index (κ1) is 14.6. The van der Waals surface area contributed by atoms with Gasteiger partial charge in [0, 0.05) is 12.8 Å². The Morgan fingerprint density at radius 2 is 2.06 bits per heavy atom. The van der Waals surface area contributed by atoms with Crippen molar-refractivity contribution in [2.24, 2.45) is 0 Å². The lowest BCUT2D eigenvalue weighted by atomic mass is 10.3. The predicted octanol–water partition coefficient (Wildman–Crippen LogP) is 0.803. The Kier molecular flexibility index (Phi) is 4.41. The highest BCUT2D eigenvalue weighted by Gasteiger charge is 2.21. The standard InChI is InChI=1S/C8H11ClN4O4S/c1-5-6(13(14)15)7(12-8(9)11-5)10-3-4-18(2,16)17/h3-4H2,1-2H3,(H,10,11,12). The Labute approximate surface area is 108 Å². The van der Waals surface area contributed by atoms with Gasteiger partial charge in [0.2, 0.25) is 11.1 Å². The number of aromatic nitrogens is 2. The summed E-state index contributed by atoms with van der Waals surface area (Å²) in [5, 5.41) is 13.3. The van der Waals surface area contributed by atoms with E-state index in [4.69, 9.17) is 11.6 Å². The van der Waals surface area contributed by atoms with Gasteiger partial charge >= 0.3 is 5.69 Å². The van der Waals surface area contributed by atoms with Gasteiger partial charge in [0.1, 0.15) is 15.5 Å². The number of nitrogens with one attached hydrogen (secondary N) is 1. The number of nitro groups is 1. The third-order valence-electron chi connectivity index (χ3n) is 1.98. The molecule has 8 nitrogen and oxygen atoms in total. The normalized spacial score (nSPS) is 11.3. The minimum Gasteiger partial charge on any atom is -0.363 e. The first-order valence-electron chi connectivity index (χ1n) is 4.81. The molecule has 0 aromatic carbocycles. The van der Waals surface area contributed by atoms with E-state index in [9.17, 15) is 18.5 Å². The van der Waals surface area contributed by atoms with Crippen LogP contribution in [0.1, 0.15) is 5.69 Å². The Bertz CT molecular complexity index is 575. The van der Waals surface area contributed by atoms with Crippen molar-refractivity contribution in [1.82, 2.24) is 9.97 Å². The smallest absolute Gasteiger partial charge is 0.332 e. The van der Waals surface area contributed by atoms with E-state index in [1.165, 1.54) is 6.92 Å². The van der Waals surface area contributed by atoms with Crippen molar-refractivity contribution in [2.45, 2.75) is 6.92 Å². The highest BCUT2D eigenvalue weighted by atomic mass is 35.5. The summed E-state index contributed by atoms with van der Waals surface area (Å²) < 4.78 is 21.9. The average Bonchev–Trinajstić information content (AvgIpc) is 2.13. The molecule has 0 saturated carbocycles. The predicted molar refractivity (Wildman–Crippen MR) is 66.6 cm³/mol. The largest absolute Gasteiger partial charge is 0.363 e. The van der Waals surface area contributed by atoms with Crippen molar-refractivity contribution in [3.05, 3.63) is 21.1 Å². The zero-order valence-corrected chi connectivity index (χ0v) is 11.2. The SMILES string of the molecule is Cc1nc(Cl)nc(NCCS(C)(=O)=O)c1[N+](=O)[O-]. The third-order valence-corrected chi connectivity index (χ3v) is 3.09. The molecule has 0 spiro atoms. The molecule has 0 aliphatic carbocycles. The maximum atomic E-state index is 10.9. The minimum absolute atomic E-state index is 0.00640. The zero-order valence-electron chi connectivity index (χ0n) is 9.68. The van der Waals surface area contributed by atoms with Crippen LogP contribution in [-0.4, -0.2) is 41.9 Å². The lowest BCUT2D eigenvalue weighted by molar-refractivity contribution is -0.385. The maximum Gasteiger partial charge on any atom is 0.332 e. The summed E-state index contributed by atoms with van der Waals surface area (Å²) >= 11 is 5.59. The van der Waals surface area contributed by atoms with E-state index in [-0.39, 0.29) is 34.8 Å². The van der Waals surface area contributed by atoms with E-state index < -0.39 is 14.8 Å². The van der Waals surface area contributed by atoms with E-state index in [0.717, 1.165) is 6.26 Å². The summed E-state index contributed by atoms with van der Waals surface area (Å²) in [5.41, 5.74) is -0.199. The Balaban J connectivity index is 2.97. The lowest BCUT2D eigenvalue weighted by Gasteiger charge is -2.06. The number of anilines is 1. The van der Waals surface area contributed by atoms with Gasteiger partial charge in [-0.3, -0.25) is 10.1 Å². The second kappa shape index (κ2) is 5.44. The summed E-state index contributed by atoms with van der Waals surface area (Å²) in [5.74, 6) is -0.244. The van der Waals surface area contributed by atoms with E-state index in [2.05, 4.69) is 15.3 Å². The zero-order chi connectivity index (χ0) is 13.9. The number of hydrogen-bond acceptors (Lipinski definition) is 7. The fourth-order valence-corrected chi connectivity index (χ4v) is 1.91. The maximum absolute atomic E-state index is 10.9. The summed E-state index contributed by atoms with van der Waals surface area (Å²) in [6.45, 7) is 1.43. The first-order valence-corrected chi connectivity index (χ1v) is 7.24. The van der Waals surface area contributed by atoms with Crippen LogP contribution >= 0.6 is 11.6 Å². The number of rotatable bonds is 5. The molecule has 1 rings (SSSR count). The van der Waals surface area contributed by atoms with Crippen LogP contribution < -0.4 is 5.32 Å². The van der Waals surface area contributed by atoms with Crippen molar-refractivity contribution < 1.29 is 13.3 Å².